The summed E-state index contributed by atoms with van der Waals surface area (Å²) in [6.07, 6.45) is 0.418. The number of hydrogen-bond donors (Lipinski definition) is 2. The third-order valence-corrected chi connectivity index (χ3v) is 6.68. The number of nitrogens with two attached hydrogens (primary N) is 1. The van der Waals surface area contributed by atoms with Gasteiger partial charge in [-0.05, 0) is 58.9 Å². The van der Waals surface area contributed by atoms with Crippen molar-refractivity contribution in [3.05, 3.63) is 59.4 Å². The highest BCUT2D eigenvalue weighted by atomic mass is 16.7. The average Bonchev–Trinajstić information content (AvgIpc) is 3.03. The van der Waals surface area contributed by atoms with E-state index in [1.807, 2.05) is 58.0 Å². The second kappa shape index (κ2) is 11.4. The van der Waals surface area contributed by atoms with E-state index in [4.69, 9.17) is 24.5 Å². The van der Waals surface area contributed by atoms with Crippen molar-refractivity contribution in [2.24, 2.45) is 5.73 Å². The lowest BCUT2D eigenvalue weighted by Crippen LogP contribution is -2.50. The number of nitrogens with one attached hydrogen (secondary N) is 1. The highest BCUT2D eigenvalue weighted by molar-refractivity contribution is 6.48. The van der Waals surface area contributed by atoms with E-state index in [0.717, 1.165) is 5.75 Å². The maximum Gasteiger partial charge on any atom is 0.481 e. The Balaban J connectivity index is 1.85. The van der Waals surface area contributed by atoms with E-state index in [9.17, 15) is 9.59 Å². The molecule has 9 nitrogen and oxygen atoms in total. The zero-order valence-electron chi connectivity index (χ0n) is 21.9. The van der Waals surface area contributed by atoms with E-state index in [2.05, 4.69) is 10.3 Å². The topological polar surface area (TPSA) is 122 Å². The quantitative estimate of drug-likeness (QED) is 0.458. The summed E-state index contributed by atoms with van der Waals surface area (Å²) in [4.78, 5) is 30.1. The van der Waals surface area contributed by atoms with Gasteiger partial charge in [0.2, 0.25) is 5.91 Å². The van der Waals surface area contributed by atoms with Gasteiger partial charge in [0.1, 0.15) is 11.7 Å². The van der Waals surface area contributed by atoms with Crippen LogP contribution in [-0.2, 0) is 18.8 Å². The average molecular weight is 497 g/mol. The number of nitrogens with zero attached hydrogens (tertiary/aromatic N) is 1. The zero-order chi connectivity index (χ0) is 26.5. The van der Waals surface area contributed by atoms with Crippen molar-refractivity contribution < 1.29 is 28.4 Å². The van der Waals surface area contributed by atoms with E-state index < -0.39 is 36.1 Å². The predicted octanol–water partition coefficient (Wildman–Crippen LogP) is 2.80. The normalized spacial score (nSPS) is 17.9. The molecule has 0 saturated carbocycles. The molecule has 2 amide bonds. The van der Waals surface area contributed by atoms with Crippen LogP contribution in [0.15, 0.2) is 42.5 Å². The fourth-order valence-electron chi connectivity index (χ4n) is 3.93. The van der Waals surface area contributed by atoms with Gasteiger partial charge in [0.05, 0.1) is 41.6 Å². The molecule has 2 atom stereocenters. The molecule has 194 valence electrons. The van der Waals surface area contributed by atoms with E-state index >= 15 is 0 Å². The van der Waals surface area contributed by atoms with Crippen LogP contribution in [0, 0.1) is 6.92 Å². The first kappa shape index (κ1) is 27.6. The van der Waals surface area contributed by atoms with Crippen LogP contribution in [0.5, 0.6) is 5.75 Å². The van der Waals surface area contributed by atoms with Crippen LogP contribution in [0.4, 0.5) is 0 Å². The lowest BCUT2D eigenvalue weighted by atomic mass is 9.76. The van der Waals surface area contributed by atoms with Gasteiger partial charge in [-0.3, -0.25) is 14.6 Å². The Morgan fingerprint density at radius 2 is 1.72 bits per heavy atom. The maximum absolute atomic E-state index is 13.6. The van der Waals surface area contributed by atoms with E-state index in [1.54, 1.807) is 19.1 Å². The molecule has 0 bridgehead atoms. The van der Waals surface area contributed by atoms with E-state index in [1.165, 1.54) is 7.11 Å². The van der Waals surface area contributed by atoms with Crippen LogP contribution in [0.2, 0.25) is 0 Å². The van der Waals surface area contributed by atoms with Crippen LogP contribution in [-0.4, -0.2) is 61.4 Å². The highest BCUT2D eigenvalue weighted by Crippen LogP contribution is 2.38. The molecule has 0 radical (unpaired) electrons. The van der Waals surface area contributed by atoms with Gasteiger partial charge in [-0.2, -0.15) is 0 Å². The molecule has 3 rings (SSSR count). The van der Waals surface area contributed by atoms with Crippen molar-refractivity contribution >= 4 is 18.9 Å². The van der Waals surface area contributed by atoms with Crippen molar-refractivity contribution in [2.75, 3.05) is 20.3 Å². The number of ether oxygens (including phenoxy) is 2. The molecule has 36 heavy (non-hydrogen) atoms. The van der Waals surface area contributed by atoms with Gasteiger partial charge in [-0.1, -0.05) is 18.2 Å². The van der Waals surface area contributed by atoms with Crippen molar-refractivity contribution in [3.63, 3.8) is 0 Å². The van der Waals surface area contributed by atoms with Gasteiger partial charge in [0.15, 0.2) is 0 Å². The molecule has 10 heteroatoms. The molecule has 1 saturated heterocycles. The number of aryl methyl sites for hydroxylation is 1. The van der Waals surface area contributed by atoms with Gasteiger partial charge in [-0.15, -0.1) is 0 Å². The first-order chi connectivity index (χ1) is 16.9. The number of primary amides is 1. The predicted molar refractivity (Wildman–Crippen MR) is 137 cm³/mol. The first-order valence-corrected chi connectivity index (χ1v) is 12.1. The van der Waals surface area contributed by atoms with Gasteiger partial charge in [0, 0.05) is 19.2 Å². The third-order valence-electron chi connectivity index (χ3n) is 6.68. The van der Waals surface area contributed by atoms with Crippen LogP contribution in [0.3, 0.4) is 0 Å². The summed E-state index contributed by atoms with van der Waals surface area (Å²) < 4.78 is 23.7. The lowest BCUT2D eigenvalue weighted by Gasteiger charge is -2.32. The second-order valence-electron chi connectivity index (χ2n) is 9.95. The van der Waals surface area contributed by atoms with Gasteiger partial charge >= 0.3 is 7.12 Å². The molecule has 3 N–H and O–H groups in total. The Morgan fingerprint density at radius 3 is 2.31 bits per heavy atom. The monoisotopic (exact) mass is 497 g/mol. The van der Waals surface area contributed by atoms with Gasteiger partial charge in [-0.25, -0.2) is 0 Å². The first-order valence-electron chi connectivity index (χ1n) is 12.1. The number of pyridine rings is 1. The Bertz CT molecular complexity index is 1050. The summed E-state index contributed by atoms with van der Waals surface area (Å²) in [5, 5.41) is 3.05. The van der Waals surface area contributed by atoms with Crippen molar-refractivity contribution in [3.8, 4) is 5.75 Å². The molecule has 1 fully saturated rings. The number of hydrogen-bond acceptors (Lipinski definition) is 7. The fourth-order valence-corrected chi connectivity index (χ4v) is 3.93. The second-order valence-corrected chi connectivity index (χ2v) is 9.95. The smallest absolute Gasteiger partial charge is 0.481 e. The van der Waals surface area contributed by atoms with E-state index in [0.29, 0.717) is 18.7 Å². The molecule has 0 unspecified atom stereocenters. The molecular weight excluding hydrogens is 461 g/mol. The number of amides is 2. The minimum Gasteiger partial charge on any atom is -0.494 e. The van der Waals surface area contributed by atoms with Crippen LogP contribution >= 0.6 is 0 Å². The number of rotatable bonds is 11. The highest BCUT2D eigenvalue weighted by Gasteiger charge is 2.54. The molecule has 0 aliphatic carbocycles. The van der Waals surface area contributed by atoms with Crippen LogP contribution in [0.25, 0.3) is 0 Å². The zero-order valence-corrected chi connectivity index (χ0v) is 21.9. The van der Waals surface area contributed by atoms with Gasteiger partial charge in [0.25, 0.3) is 5.91 Å². The number of para-hydroxylation sites is 1. The molecule has 2 aromatic rings. The Labute approximate surface area is 213 Å². The number of aromatic nitrogens is 1. The lowest BCUT2D eigenvalue weighted by molar-refractivity contribution is -0.124. The molecular formula is C26H36BN3O6. The molecule has 1 aliphatic heterocycles. The third kappa shape index (κ3) is 6.43. The van der Waals surface area contributed by atoms with Crippen molar-refractivity contribution in [2.45, 2.75) is 64.1 Å². The fraction of sp³-hybridized carbons (Fsp3) is 0.500. The van der Waals surface area contributed by atoms with E-state index in [-0.39, 0.29) is 23.8 Å². The number of benzene rings is 1. The molecule has 1 aromatic heterocycles. The Hall–Kier alpha value is -2.95. The SMILES string of the molecule is COC[C@H](C(=O)N[C@@H](CCOc1ccccc1)B1OC(C)(C)C(C)(C)O1)c1nc(C)ccc1C(N)=O. The number of carbonyl (C=O) groups excluding carboxylic acids is 2. The van der Waals surface area contributed by atoms with Crippen molar-refractivity contribution in [1.82, 2.24) is 10.3 Å². The van der Waals surface area contributed by atoms with Crippen LogP contribution < -0.4 is 15.8 Å². The summed E-state index contributed by atoms with van der Waals surface area (Å²) >= 11 is 0. The number of methoxy groups -OCH3 is 1. The summed E-state index contributed by atoms with van der Waals surface area (Å²) in [7, 11) is 0.780. The standard InChI is InChI=1S/C26H36BN3O6/c1-17-12-13-19(23(28)31)22(29-17)20(16-33-6)24(32)30-21(14-15-34-18-10-8-7-9-11-18)27-35-25(2,3)26(4,5)36-27/h7-13,20-21H,14-16H2,1-6H3,(H2,28,31)(H,30,32)/t20-,21-/m0/s1. The van der Waals surface area contributed by atoms with Crippen molar-refractivity contribution in [1.29, 1.82) is 0 Å². The largest absolute Gasteiger partial charge is 0.494 e. The number of carbonyl (C=O) groups is 2. The summed E-state index contributed by atoms with van der Waals surface area (Å²) in [5.41, 5.74) is 5.52. The summed E-state index contributed by atoms with van der Waals surface area (Å²) in [6, 6.07) is 12.7. The minimum absolute atomic E-state index is 0.0131. The summed E-state index contributed by atoms with van der Waals surface area (Å²) in [5.74, 6) is -1.72. The Kier molecular flexibility index (Phi) is 8.76. The Morgan fingerprint density at radius 1 is 1.08 bits per heavy atom. The molecule has 1 aliphatic rings. The molecule has 0 spiro atoms. The molecule has 2 heterocycles. The van der Waals surface area contributed by atoms with Crippen LogP contribution in [0.1, 0.15) is 61.8 Å². The van der Waals surface area contributed by atoms with Gasteiger partial charge < -0.3 is 29.8 Å². The maximum atomic E-state index is 13.6. The summed E-state index contributed by atoms with van der Waals surface area (Å²) in [6.45, 7) is 9.93. The minimum atomic E-state index is -0.864. The molecule has 1 aromatic carbocycles.